The fourth-order valence-electron chi connectivity index (χ4n) is 2.10. The van der Waals surface area contributed by atoms with Crippen LogP contribution in [0.1, 0.15) is 20.3 Å². The molecular weight excluding hydrogens is 408 g/mol. The van der Waals surface area contributed by atoms with Gasteiger partial charge in [0.25, 0.3) is 0 Å². The molecule has 0 aromatic rings. The highest BCUT2D eigenvalue weighted by atomic mass is 32.2. The molecule has 0 saturated carbocycles. The van der Waals surface area contributed by atoms with Crippen molar-refractivity contribution in [2.75, 3.05) is 24.4 Å². The first-order valence-corrected chi connectivity index (χ1v) is 10.7. The van der Waals surface area contributed by atoms with E-state index < -0.39 is 54.5 Å². The summed E-state index contributed by atoms with van der Waals surface area (Å²) in [5.41, 5.74) is 5.58. The first-order valence-electron chi connectivity index (χ1n) is 8.69. The monoisotopic (exact) mass is 438 g/mol. The zero-order valence-electron chi connectivity index (χ0n) is 16.2. The Labute approximate surface area is 174 Å². The molecule has 0 bridgehead atoms. The minimum Gasteiger partial charge on any atom is -0.480 e. The molecule has 0 fully saturated rings. The quantitative estimate of drug-likeness (QED) is 0.165. The molecule has 0 aliphatic heterocycles. The molecule has 0 rings (SSSR count). The van der Waals surface area contributed by atoms with Gasteiger partial charge in [0.05, 0.1) is 12.6 Å². The van der Waals surface area contributed by atoms with Gasteiger partial charge in [-0.3, -0.25) is 14.4 Å². The maximum atomic E-state index is 12.5. The van der Waals surface area contributed by atoms with Gasteiger partial charge in [-0.05, 0) is 24.3 Å². The van der Waals surface area contributed by atoms with Crippen LogP contribution in [0.4, 0.5) is 0 Å². The predicted molar refractivity (Wildman–Crippen MR) is 110 cm³/mol. The fourth-order valence-corrected chi connectivity index (χ4v) is 2.74. The highest BCUT2D eigenvalue weighted by Crippen LogP contribution is 2.05. The number of thioether (sulfide) groups is 1. The van der Waals surface area contributed by atoms with Crippen LogP contribution in [-0.4, -0.2) is 82.4 Å². The average Bonchev–Trinajstić information content (AvgIpc) is 2.65. The summed E-state index contributed by atoms with van der Waals surface area (Å²) < 4.78 is 0. The van der Waals surface area contributed by atoms with Gasteiger partial charge in [0.15, 0.2) is 0 Å². The molecule has 0 aliphatic rings. The average molecular weight is 439 g/mol. The summed E-state index contributed by atoms with van der Waals surface area (Å²) in [5.74, 6) is -3.03. The van der Waals surface area contributed by atoms with E-state index in [1.807, 2.05) is 0 Å². The molecule has 3 amide bonds. The first kappa shape index (κ1) is 26.5. The molecule has 7 N–H and O–H groups in total. The SMILES string of the molecule is CSCCC(NC(=O)C(CO)NC(=O)C(NC(=O)C(N)CS)C(C)C)C(=O)O. The van der Waals surface area contributed by atoms with Crippen molar-refractivity contribution in [3.05, 3.63) is 0 Å². The molecule has 0 radical (unpaired) electrons. The van der Waals surface area contributed by atoms with Crippen LogP contribution in [0.3, 0.4) is 0 Å². The van der Waals surface area contributed by atoms with E-state index in [2.05, 4.69) is 28.6 Å². The summed E-state index contributed by atoms with van der Waals surface area (Å²) in [7, 11) is 0. The number of nitrogens with two attached hydrogens (primary N) is 1. The summed E-state index contributed by atoms with van der Waals surface area (Å²) in [6.45, 7) is 2.64. The van der Waals surface area contributed by atoms with Crippen LogP contribution in [0.15, 0.2) is 0 Å². The molecule has 12 heteroatoms. The third kappa shape index (κ3) is 9.13. The second-order valence-corrected chi connectivity index (χ2v) is 7.79. The molecule has 0 aromatic carbocycles. The Kier molecular flexibility index (Phi) is 12.9. The lowest BCUT2D eigenvalue weighted by molar-refractivity contribution is -0.142. The lowest BCUT2D eigenvalue weighted by Crippen LogP contribution is -2.59. The maximum Gasteiger partial charge on any atom is 0.326 e. The fraction of sp³-hybridized carbons (Fsp3) is 0.750. The number of carboxylic acid groups (broad SMARTS) is 1. The van der Waals surface area contributed by atoms with Crippen LogP contribution >= 0.6 is 24.4 Å². The molecule has 28 heavy (non-hydrogen) atoms. The Morgan fingerprint density at radius 3 is 2.04 bits per heavy atom. The second-order valence-electron chi connectivity index (χ2n) is 6.44. The largest absolute Gasteiger partial charge is 0.480 e. The third-order valence-electron chi connectivity index (χ3n) is 3.82. The van der Waals surface area contributed by atoms with Gasteiger partial charge in [0.2, 0.25) is 17.7 Å². The van der Waals surface area contributed by atoms with Crippen molar-refractivity contribution in [3.8, 4) is 0 Å². The van der Waals surface area contributed by atoms with Gasteiger partial charge in [-0.2, -0.15) is 24.4 Å². The van der Waals surface area contributed by atoms with E-state index >= 15 is 0 Å². The summed E-state index contributed by atoms with van der Waals surface area (Å²) >= 11 is 5.36. The Hall–Kier alpha value is -1.50. The van der Waals surface area contributed by atoms with E-state index in [0.29, 0.717) is 5.75 Å². The van der Waals surface area contributed by atoms with E-state index in [4.69, 9.17) is 5.73 Å². The van der Waals surface area contributed by atoms with Gasteiger partial charge in [0.1, 0.15) is 18.1 Å². The molecule has 0 aliphatic carbocycles. The minimum absolute atomic E-state index is 0.0898. The van der Waals surface area contributed by atoms with Gasteiger partial charge in [0, 0.05) is 5.75 Å². The van der Waals surface area contributed by atoms with Gasteiger partial charge in [-0.15, -0.1) is 0 Å². The van der Waals surface area contributed by atoms with Gasteiger partial charge >= 0.3 is 5.97 Å². The third-order valence-corrected chi connectivity index (χ3v) is 4.86. The summed E-state index contributed by atoms with van der Waals surface area (Å²) in [5, 5.41) is 25.8. The number of nitrogens with one attached hydrogen (secondary N) is 3. The topological polar surface area (TPSA) is 171 Å². The van der Waals surface area contributed by atoms with Gasteiger partial charge in [-0.1, -0.05) is 13.8 Å². The number of rotatable bonds is 13. The Balaban J connectivity index is 5.07. The number of hydrogen-bond donors (Lipinski definition) is 7. The zero-order chi connectivity index (χ0) is 21.9. The molecule has 0 spiro atoms. The number of aliphatic hydroxyl groups excluding tert-OH is 1. The molecule has 4 atom stereocenters. The number of hydrogen-bond acceptors (Lipinski definition) is 8. The van der Waals surface area contributed by atoms with Crippen molar-refractivity contribution in [1.82, 2.24) is 16.0 Å². The van der Waals surface area contributed by atoms with Crippen molar-refractivity contribution in [2.45, 2.75) is 44.4 Å². The van der Waals surface area contributed by atoms with Crippen molar-refractivity contribution in [3.63, 3.8) is 0 Å². The Morgan fingerprint density at radius 1 is 1.04 bits per heavy atom. The van der Waals surface area contributed by atoms with Crippen molar-refractivity contribution >= 4 is 48.1 Å². The molecular formula is C16H30N4O6S2. The van der Waals surface area contributed by atoms with Crippen LogP contribution in [0.2, 0.25) is 0 Å². The second kappa shape index (κ2) is 13.6. The number of aliphatic carboxylic acids is 1. The van der Waals surface area contributed by atoms with Crippen LogP contribution < -0.4 is 21.7 Å². The van der Waals surface area contributed by atoms with E-state index in [1.54, 1.807) is 20.1 Å². The number of carbonyl (C=O) groups excluding carboxylic acids is 3. The van der Waals surface area contributed by atoms with Crippen molar-refractivity contribution < 1.29 is 29.4 Å². The number of carbonyl (C=O) groups is 4. The van der Waals surface area contributed by atoms with E-state index in [0.717, 1.165) is 0 Å². The van der Waals surface area contributed by atoms with Crippen LogP contribution in [-0.2, 0) is 19.2 Å². The normalized spacial score (nSPS) is 15.2. The van der Waals surface area contributed by atoms with Gasteiger partial charge < -0.3 is 31.9 Å². The standard InChI is InChI=1S/C16H30N4O6S2/c1-8(2)12(20-13(22)9(17)7-27)15(24)19-11(6-21)14(23)18-10(16(25)26)4-5-28-3/h8-12,21,27H,4-7,17H2,1-3H3,(H,18,23)(H,19,24)(H,20,22)(H,25,26). The summed E-state index contributed by atoms with van der Waals surface area (Å²) in [6.07, 6.45) is 2.00. The zero-order valence-corrected chi connectivity index (χ0v) is 17.9. The molecule has 10 nitrogen and oxygen atoms in total. The Bertz CT molecular complexity index is 549. The van der Waals surface area contributed by atoms with Crippen LogP contribution in [0.25, 0.3) is 0 Å². The van der Waals surface area contributed by atoms with Crippen LogP contribution in [0.5, 0.6) is 0 Å². The van der Waals surface area contributed by atoms with Crippen molar-refractivity contribution in [2.24, 2.45) is 11.7 Å². The number of aliphatic hydroxyl groups is 1. The maximum absolute atomic E-state index is 12.5. The lowest BCUT2D eigenvalue weighted by Gasteiger charge is -2.26. The van der Waals surface area contributed by atoms with E-state index in [9.17, 15) is 29.4 Å². The first-order chi connectivity index (χ1) is 13.1. The highest BCUT2D eigenvalue weighted by molar-refractivity contribution is 7.98. The van der Waals surface area contributed by atoms with E-state index in [-0.39, 0.29) is 18.1 Å². The molecule has 162 valence electrons. The number of carboxylic acids is 1. The van der Waals surface area contributed by atoms with Crippen LogP contribution in [0, 0.1) is 5.92 Å². The molecule has 0 heterocycles. The number of amides is 3. The predicted octanol–water partition coefficient (Wildman–Crippen LogP) is -1.82. The molecule has 0 aromatic heterocycles. The highest BCUT2D eigenvalue weighted by Gasteiger charge is 2.31. The van der Waals surface area contributed by atoms with Crippen molar-refractivity contribution in [1.29, 1.82) is 0 Å². The molecule has 4 unspecified atom stereocenters. The summed E-state index contributed by atoms with van der Waals surface area (Å²) in [4.78, 5) is 48.0. The van der Waals surface area contributed by atoms with Gasteiger partial charge in [-0.25, -0.2) is 4.79 Å². The molecule has 0 saturated heterocycles. The van der Waals surface area contributed by atoms with E-state index in [1.165, 1.54) is 11.8 Å². The minimum atomic E-state index is -1.36. The Morgan fingerprint density at radius 2 is 1.61 bits per heavy atom. The smallest absolute Gasteiger partial charge is 0.326 e. The lowest BCUT2D eigenvalue weighted by atomic mass is 10.0. The summed E-state index contributed by atoms with van der Waals surface area (Å²) in [6, 6.07) is -4.39. The number of thiol groups is 1.